The molecule has 0 atom stereocenters. The minimum atomic E-state index is -0.448. The maximum Gasteiger partial charge on any atom is 0.270 e. The summed E-state index contributed by atoms with van der Waals surface area (Å²) in [7, 11) is 0. The van der Waals surface area contributed by atoms with Gasteiger partial charge in [0.25, 0.3) is 5.69 Å². The van der Waals surface area contributed by atoms with Gasteiger partial charge in [-0.2, -0.15) is 0 Å². The number of rotatable bonds is 7. The van der Waals surface area contributed by atoms with Crippen LogP contribution in [0, 0.1) is 10.1 Å². The standard InChI is InChI=1S/C19H19NO3/c1-3-15-7-4-5-8-17(15)13-19(21)11-14(2)16-9-6-10-18(12-16)20(22)23/h4-10,12H,2-3,11,13H2,1H3. The molecule has 0 aliphatic rings. The molecule has 0 unspecified atom stereocenters. The van der Waals surface area contributed by atoms with Gasteiger partial charge in [0.15, 0.2) is 0 Å². The van der Waals surface area contributed by atoms with E-state index >= 15 is 0 Å². The Morgan fingerprint density at radius 2 is 1.83 bits per heavy atom. The van der Waals surface area contributed by atoms with Gasteiger partial charge >= 0.3 is 0 Å². The van der Waals surface area contributed by atoms with Crippen LogP contribution >= 0.6 is 0 Å². The van der Waals surface area contributed by atoms with E-state index in [4.69, 9.17) is 0 Å². The van der Waals surface area contributed by atoms with Crippen LogP contribution in [0.3, 0.4) is 0 Å². The van der Waals surface area contributed by atoms with E-state index in [1.54, 1.807) is 12.1 Å². The summed E-state index contributed by atoms with van der Waals surface area (Å²) in [5, 5.41) is 10.8. The highest BCUT2D eigenvalue weighted by molar-refractivity contribution is 5.91. The first-order valence-electron chi connectivity index (χ1n) is 7.52. The molecular formula is C19H19NO3. The number of non-ortho nitro benzene ring substituents is 1. The Labute approximate surface area is 135 Å². The number of nitro benzene ring substituents is 1. The van der Waals surface area contributed by atoms with E-state index in [0.717, 1.165) is 12.0 Å². The maximum atomic E-state index is 12.3. The van der Waals surface area contributed by atoms with Crippen LogP contribution in [0.15, 0.2) is 55.1 Å². The van der Waals surface area contributed by atoms with Gasteiger partial charge in [0.05, 0.1) is 4.92 Å². The minimum absolute atomic E-state index is 0.00688. The van der Waals surface area contributed by atoms with Crippen molar-refractivity contribution in [3.05, 3.63) is 81.9 Å². The Kier molecular flexibility index (Phi) is 5.41. The van der Waals surface area contributed by atoms with Gasteiger partial charge in [-0.3, -0.25) is 14.9 Å². The molecule has 0 radical (unpaired) electrons. The number of allylic oxidation sites excluding steroid dienone is 1. The van der Waals surface area contributed by atoms with E-state index < -0.39 is 4.92 Å². The summed E-state index contributed by atoms with van der Waals surface area (Å²) in [6.07, 6.45) is 1.44. The van der Waals surface area contributed by atoms with E-state index in [0.29, 0.717) is 17.6 Å². The smallest absolute Gasteiger partial charge is 0.270 e. The summed E-state index contributed by atoms with van der Waals surface area (Å²) < 4.78 is 0. The number of nitro groups is 1. The summed E-state index contributed by atoms with van der Waals surface area (Å²) in [6, 6.07) is 14.1. The van der Waals surface area contributed by atoms with Crippen LogP contribution in [0.1, 0.15) is 30.0 Å². The maximum absolute atomic E-state index is 12.3. The lowest BCUT2D eigenvalue weighted by molar-refractivity contribution is -0.384. The van der Waals surface area contributed by atoms with E-state index in [9.17, 15) is 14.9 Å². The van der Waals surface area contributed by atoms with Gasteiger partial charge in [0.1, 0.15) is 5.78 Å². The van der Waals surface area contributed by atoms with Gasteiger partial charge in [-0.15, -0.1) is 0 Å². The molecule has 0 bridgehead atoms. The lowest BCUT2D eigenvalue weighted by atomic mass is 9.95. The zero-order valence-corrected chi connectivity index (χ0v) is 13.1. The molecule has 2 rings (SSSR count). The molecule has 0 spiro atoms. The lowest BCUT2D eigenvalue weighted by Crippen LogP contribution is -2.05. The van der Waals surface area contributed by atoms with Gasteiger partial charge in [0, 0.05) is 25.0 Å². The molecule has 2 aromatic rings. The van der Waals surface area contributed by atoms with Crippen molar-refractivity contribution in [3.63, 3.8) is 0 Å². The van der Waals surface area contributed by atoms with Crippen LogP contribution < -0.4 is 0 Å². The number of hydrogen-bond acceptors (Lipinski definition) is 3. The molecule has 0 saturated carbocycles. The highest BCUT2D eigenvalue weighted by Gasteiger charge is 2.12. The number of aryl methyl sites for hydroxylation is 1. The van der Waals surface area contributed by atoms with Crippen molar-refractivity contribution in [2.24, 2.45) is 0 Å². The quantitative estimate of drug-likeness (QED) is 0.563. The number of carbonyl (C=O) groups excluding carboxylic acids is 1. The average Bonchev–Trinajstić information content (AvgIpc) is 2.55. The van der Waals surface area contributed by atoms with Crippen LogP contribution in [0.5, 0.6) is 0 Å². The molecule has 0 amide bonds. The minimum Gasteiger partial charge on any atom is -0.299 e. The second-order valence-electron chi connectivity index (χ2n) is 5.43. The second kappa shape index (κ2) is 7.49. The molecule has 118 valence electrons. The second-order valence-corrected chi connectivity index (χ2v) is 5.43. The molecule has 0 fully saturated rings. The summed E-state index contributed by atoms with van der Waals surface area (Å²) in [5.74, 6) is 0.0578. The number of ketones is 1. The predicted octanol–water partition coefficient (Wildman–Crippen LogP) is 4.37. The van der Waals surface area contributed by atoms with Gasteiger partial charge < -0.3 is 0 Å². The topological polar surface area (TPSA) is 60.2 Å². The highest BCUT2D eigenvalue weighted by atomic mass is 16.6. The van der Waals surface area contributed by atoms with Gasteiger partial charge in [-0.25, -0.2) is 0 Å². The normalized spacial score (nSPS) is 10.3. The van der Waals surface area contributed by atoms with E-state index in [-0.39, 0.29) is 17.9 Å². The summed E-state index contributed by atoms with van der Waals surface area (Å²) in [4.78, 5) is 22.7. The van der Waals surface area contributed by atoms with E-state index in [2.05, 4.69) is 13.5 Å². The average molecular weight is 309 g/mol. The zero-order chi connectivity index (χ0) is 16.8. The molecule has 2 aromatic carbocycles. The molecule has 4 heteroatoms. The number of benzene rings is 2. The first-order chi connectivity index (χ1) is 11.0. The fraction of sp³-hybridized carbons (Fsp3) is 0.211. The van der Waals surface area contributed by atoms with Crippen molar-refractivity contribution in [3.8, 4) is 0 Å². The zero-order valence-electron chi connectivity index (χ0n) is 13.1. The largest absolute Gasteiger partial charge is 0.299 e. The number of hydrogen-bond donors (Lipinski definition) is 0. The molecule has 0 N–H and O–H groups in total. The Bertz CT molecular complexity index is 750. The SMILES string of the molecule is C=C(CC(=O)Cc1ccccc1CC)c1cccc([N+](=O)[O-])c1. The Morgan fingerprint density at radius 3 is 2.48 bits per heavy atom. The highest BCUT2D eigenvalue weighted by Crippen LogP contribution is 2.22. The van der Waals surface area contributed by atoms with Crippen molar-refractivity contribution in [1.29, 1.82) is 0 Å². The van der Waals surface area contributed by atoms with Crippen LogP contribution in [-0.4, -0.2) is 10.7 Å². The van der Waals surface area contributed by atoms with Gasteiger partial charge in [0.2, 0.25) is 0 Å². The van der Waals surface area contributed by atoms with Crippen molar-refractivity contribution in [2.75, 3.05) is 0 Å². The van der Waals surface area contributed by atoms with Gasteiger partial charge in [-0.05, 0) is 28.7 Å². The first kappa shape index (κ1) is 16.6. The fourth-order valence-corrected chi connectivity index (χ4v) is 2.53. The first-order valence-corrected chi connectivity index (χ1v) is 7.52. The molecule has 0 aliphatic heterocycles. The van der Waals surface area contributed by atoms with Crippen molar-refractivity contribution >= 4 is 17.0 Å². The number of nitrogens with zero attached hydrogens (tertiary/aromatic N) is 1. The molecule has 23 heavy (non-hydrogen) atoms. The van der Waals surface area contributed by atoms with Crippen LogP contribution in [0.4, 0.5) is 5.69 Å². The number of carbonyl (C=O) groups is 1. The van der Waals surface area contributed by atoms with Crippen LogP contribution in [0.25, 0.3) is 5.57 Å². The lowest BCUT2D eigenvalue weighted by Gasteiger charge is -2.08. The van der Waals surface area contributed by atoms with Crippen LogP contribution in [-0.2, 0) is 17.6 Å². The third-order valence-corrected chi connectivity index (χ3v) is 3.76. The van der Waals surface area contributed by atoms with Crippen LogP contribution in [0.2, 0.25) is 0 Å². The Hall–Kier alpha value is -2.75. The molecule has 0 aliphatic carbocycles. The molecule has 4 nitrogen and oxygen atoms in total. The molecule has 0 aromatic heterocycles. The summed E-state index contributed by atoms with van der Waals surface area (Å²) in [5.41, 5.74) is 3.45. The molecular weight excluding hydrogens is 290 g/mol. The fourth-order valence-electron chi connectivity index (χ4n) is 2.53. The summed E-state index contributed by atoms with van der Waals surface area (Å²) >= 11 is 0. The third kappa shape index (κ3) is 4.36. The third-order valence-electron chi connectivity index (χ3n) is 3.76. The Balaban J connectivity index is 2.06. The van der Waals surface area contributed by atoms with Crippen molar-refractivity contribution < 1.29 is 9.72 Å². The van der Waals surface area contributed by atoms with Gasteiger partial charge in [-0.1, -0.05) is 49.9 Å². The monoisotopic (exact) mass is 309 g/mol. The number of Topliss-reactive ketones (excluding diaryl/α,β-unsaturated/α-hetero) is 1. The predicted molar refractivity (Wildman–Crippen MR) is 91.3 cm³/mol. The molecule has 0 heterocycles. The van der Waals surface area contributed by atoms with E-state index in [1.807, 2.05) is 24.3 Å². The van der Waals surface area contributed by atoms with Crippen molar-refractivity contribution in [1.82, 2.24) is 0 Å². The molecule has 0 saturated heterocycles. The van der Waals surface area contributed by atoms with Crippen molar-refractivity contribution in [2.45, 2.75) is 26.2 Å². The van der Waals surface area contributed by atoms with E-state index in [1.165, 1.54) is 17.7 Å². The Morgan fingerprint density at radius 1 is 1.13 bits per heavy atom. The summed E-state index contributed by atoms with van der Waals surface area (Å²) in [6.45, 7) is 5.97.